The molecule has 0 unspecified atom stereocenters. The van der Waals surface area contributed by atoms with Gasteiger partial charge >= 0.3 is 0 Å². The van der Waals surface area contributed by atoms with Crippen LogP contribution in [0.1, 0.15) is 30.0 Å². The molecule has 0 bridgehead atoms. The van der Waals surface area contributed by atoms with E-state index in [1.54, 1.807) is 0 Å². The molecular formula is C14H21N5S. The number of nitrogens with two attached hydrogens (primary N) is 1. The Kier molecular flexibility index (Phi) is 4.32. The lowest BCUT2D eigenvalue weighted by atomic mass is 10.1. The van der Waals surface area contributed by atoms with E-state index in [4.69, 9.17) is 5.73 Å². The van der Waals surface area contributed by atoms with Gasteiger partial charge in [-0.3, -0.25) is 5.10 Å². The first-order valence-corrected chi connectivity index (χ1v) is 8.13. The zero-order chi connectivity index (χ0) is 13.8. The summed E-state index contributed by atoms with van der Waals surface area (Å²) >= 11 is 1.82. The number of H-pyrrole nitrogens is 1. The van der Waals surface area contributed by atoms with Gasteiger partial charge < -0.3 is 10.6 Å². The fourth-order valence-electron chi connectivity index (χ4n) is 2.52. The highest BCUT2D eigenvalue weighted by atomic mass is 32.1. The Balaban J connectivity index is 1.49. The van der Waals surface area contributed by atoms with Crippen molar-refractivity contribution in [3.8, 4) is 0 Å². The Bertz CT molecular complexity index is 513. The molecule has 0 aromatic carbocycles. The maximum absolute atomic E-state index is 5.92. The van der Waals surface area contributed by atoms with E-state index < -0.39 is 0 Å². The third-order valence-corrected chi connectivity index (χ3v) is 4.70. The van der Waals surface area contributed by atoms with Crippen LogP contribution in [0.2, 0.25) is 0 Å². The summed E-state index contributed by atoms with van der Waals surface area (Å²) in [7, 11) is 0. The van der Waals surface area contributed by atoms with E-state index in [1.165, 1.54) is 4.88 Å². The Morgan fingerprint density at radius 2 is 2.20 bits per heavy atom. The minimum absolute atomic E-state index is 0.343. The van der Waals surface area contributed by atoms with Gasteiger partial charge in [0.05, 0.1) is 0 Å². The number of piperidine rings is 1. The van der Waals surface area contributed by atoms with Crippen molar-refractivity contribution in [2.24, 2.45) is 5.73 Å². The minimum atomic E-state index is 0.343. The van der Waals surface area contributed by atoms with E-state index in [-0.39, 0.29) is 0 Å². The van der Waals surface area contributed by atoms with Crippen molar-refractivity contribution in [2.75, 3.05) is 18.0 Å². The van der Waals surface area contributed by atoms with Gasteiger partial charge in [-0.15, -0.1) is 16.4 Å². The Morgan fingerprint density at radius 1 is 1.35 bits per heavy atom. The number of hydrogen-bond acceptors (Lipinski definition) is 5. The van der Waals surface area contributed by atoms with Gasteiger partial charge in [-0.25, -0.2) is 0 Å². The monoisotopic (exact) mass is 291 g/mol. The largest absolute Gasteiger partial charge is 0.339 e. The number of aromatic nitrogens is 3. The summed E-state index contributed by atoms with van der Waals surface area (Å²) in [6.45, 7) is 1.93. The molecule has 2 aromatic rings. The Morgan fingerprint density at radius 3 is 2.95 bits per heavy atom. The molecule has 0 saturated carbocycles. The number of rotatable bonds is 5. The van der Waals surface area contributed by atoms with Crippen LogP contribution >= 0.6 is 11.3 Å². The SMILES string of the molecule is NC1CCN(c2n[nH]c(CCCc3cccs3)n2)CC1. The molecule has 3 heterocycles. The Labute approximate surface area is 123 Å². The Hall–Kier alpha value is -1.40. The predicted octanol–water partition coefficient (Wildman–Crippen LogP) is 1.97. The molecule has 1 fully saturated rings. The minimum Gasteiger partial charge on any atom is -0.339 e. The molecule has 0 aliphatic carbocycles. The molecule has 3 rings (SSSR count). The molecular weight excluding hydrogens is 270 g/mol. The van der Waals surface area contributed by atoms with Crippen LogP contribution in [0.3, 0.4) is 0 Å². The normalized spacial score (nSPS) is 16.8. The summed E-state index contributed by atoms with van der Waals surface area (Å²) in [4.78, 5) is 8.26. The molecule has 0 spiro atoms. The highest BCUT2D eigenvalue weighted by molar-refractivity contribution is 7.09. The van der Waals surface area contributed by atoms with Crippen LogP contribution in [-0.4, -0.2) is 34.3 Å². The third kappa shape index (κ3) is 3.37. The summed E-state index contributed by atoms with van der Waals surface area (Å²) in [5.74, 6) is 1.83. The van der Waals surface area contributed by atoms with Gasteiger partial charge in [-0.05, 0) is 37.1 Å². The van der Waals surface area contributed by atoms with Gasteiger partial charge in [0.25, 0.3) is 0 Å². The van der Waals surface area contributed by atoms with Crippen LogP contribution in [-0.2, 0) is 12.8 Å². The average Bonchev–Trinajstić information content (AvgIpc) is 3.11. The van der Waals surface area contributed by atoms with Gasteiger partial charge in [-0.2, -0.15) is 4.98 Å². The van der Waals surface area contributed by atoms with Crippen molar-refractivity contribution in [2.45, 2.75) is 38.1 Å². The molecule has 5 nitrogen and oxygen atoms in total. The molecule has 1 aliphatic rings. The van der Waals surface area contributed by atoms with Crippen LogP contribution < -0.4 is 10.6 Å². The molecule has 0 radical (unpaired) electrons. The molecule has 108 valence electrons. The van der Waals surface area contributed by atoms with Crippen molar-refractivity contribution in [1.82, 2.24) is 15.2 Å². The smallest absolute Gasteiger partial charge is 0.244 e. The molecule has 1 aliphatic heterocycles. The van der Waals surface area contributed by atoms with E-state index in [0.717, 1.165) is 57.0 Å². The lowest BCUT2D eigenvalue weighted by Gasteiger charge is -2.28. The van der Waals surface area contributed by atoms with Gasteiger partial charge in [-0.1, -0.05) is 6.07 Å². The standard InChI is InChI=1S/C14H21N5S/c15-11-6-8-19(9-7-11)14-16-13(17-18-14)5-1-3-12-4-2-10-20-12/h2,4,10-11H,1,3,5-9,15H2,(H,16,17,18). The number of nitrogens with one attached hydrogen (secondary N) is 1. The van der Waals surface area contributed by atoms with Gasteiger partial charge in [0.2, 0.25) is 5.95 Å². The quantitative estimate of drug-likeness (QED) is 0.883. The van der Waals surface area contributed by atoms with Crippen LogP contribution in [0.25, 0.3) is 0 Å². The summed E-state index contributed by atoms with van der Waals surface area (Å²) in [6.07, 6.45) is 5.25. The average molecular weight is 291 g/mol. The third-order valence-electron chi connectivity index (χ3n) is 3.76. The number of hydrogen-bond donors (Lipinski definition) is 2. The van der Waals surface area contributed by atoms with E-state index in [9.17, 15) is 0 Å². The maximum Gasteiger partial charge on any atom is 0.244 e. The van der Waals surface area contributed by atoms with Crippen molar-refractivity contribution in [3.05, 3.63) is 28.2 Å². The number of aromatic amines is 1. The molecule has 3 N–H and O–H groups in total. The maximum atomic E-state index is 5.92. The first kappa shape index (κ1) is 13.6. The van der Waals surface area contributed by atoms with Crippen molar-refractivity contribution < 1.29 is 0 Å². The predicted molar refractivity (Wildman–Crippen MR) is 82.1 cm³/mol. The first-order valence-electron chi connectivity index (χ1n) is 7.25. The van der Waals surface area contributed by atoms with E-state index >= 15 is 0 Å². The zero-order valence-corrected chi connectivity index (χ0v) is 12.4. The van der Waals surface area contributed by atoms with Crippen molar-refractivity contribution in [3.63, 3.8) is 0 Å². The summed E-state index contributed by atoms with van der Waals surface area (Å²) in [5, 5.41) is 9.52. The second-order valence-electron chi connectivity index (χ2n) is 5.34. The van der Waals surface area contributed by atoms with E-state index in [2.05, 4.69) is 37.6 Å². The fourth-order valence-corrected chi connectivity index (χ4v) is 3.27. The lowest BCUT2D eigenvalue weighted by Crippen LogP contribution is -2.40. The zero-order valence-electron chi connectivity index (χ0n) is 11.6. The molecule has 0 amide bonds. The second-order valence-corrected chi connectivity index (χ2v) is 6.37. The molecule has 1 saturated heterocycles. The topological polar surface area (TPSA) is 70.8 Å². The molecule has 2 aromatic heterocycles. The highest BCUT2D eigenvalue weighted by Crippen LogP contribution is 2.16. The highest BCUT2D eigenvalue weighted by Gasteiger charge is 2.19. The van der Waals surface area contributed by atoms with Crippen LogP contribution in [0.4, 0.5) is 5.95 Å². The van der Waals surface area contributed by atoms with Gasteiger partial charge in [0.15, 0.2) is 0 Å². The summed E-state index contributed by atoms with van der Waals surface area (Å²) in [5.41, 5.74) is 5.92. The summed E-state index contributed by atoms with van der Waals surface area (Å²) < 4.78 is 0. The fraction of sp³-hybridized carbons (Fsp3) is 0.571. The van der Waals surface area contributed by atoms with Crippen LogP contribution in [0, 0.1) is 0 Å². The number of anilines is 1. The van der Waals surface area contributed by atoms with Crippen molar-refractivity contribution in [1.29, 1.82) is 0 Å². The number of thiophene rings is 1. The van der Waals surface area contributed by atoms with Gasteiger partial charge in [0, 0.05) is 30.4 Å². The van der Waals surface area contributed by atoms with Crippen LogP contribution in [0.15, 0.2) is 17.5 Å². The molecule has 20 heavy (non-hydrogen) atoms. The summed E-state index contributed by atoms with van der Waals surface area (Å²) in [6, 6.07) is 4.64. The lowest BCUT2D eigenvalue weighted by molar-refractivity contribution is 0.496. The van der Waals surface area contributed by atoms with Crippen molar-refractivity contribution >= 4 is 17.3 Å². The second kappa shape index (κ2) is 6.37. The van der Waals surface area contributed by atoms with Gasteiger partial charge in [0.1, 0.15) is 5.82 Å². The first-order chi connectivity index (χ1) is 9.81. The number of nitrogens with zero attached hydrogens (tertiary/aromatic N) is 3. The molecule has 6 heteroatoms. The number of aryl methyl sites for hydroxylation is 2. The van der Waals surface area contributed by atoms with Crippen LogP contribution in [0.5, 0.6) is 0 Å². The van der Waals surface area contributed by atoms with E-state index in [1.807, 2.05) is 11.3 Å². The molecule has 0 atom stereocenters. The van der Waals surface area contributed by atoms with E-state index in [0.29, 0.717) is 6.04 Å².